The third kappa shape index (κ3) is 5.86. The van der Waals surface area contributed by atoms with Crippen LogP contribution in [0.4, 0.5) is 0 Å². The van der Waals surface area contributed by atoms with Gasteiger partial charge >= 0.3 is 0 Å². The van der Waals surface area contributed by atoms with Gasteiger partial charge in [-0.15, -0.1) is 11.8 Å². The van der Waals surface area contributed by atoms with Crippen LogP contribution in [0.25, 0.3) is 0 Å². The number of nitrogens with zero attached hydrogens (tertiary/aromatic N) is 1. The fourth-order valence-electron chi connectivity index (χ4n) is 1.38. The average Bonchev–Trinajstić information content (AvgIpc) is 2.35. The van der Waals surface area contributed by atoms with Gasteiger partial charge in [-0.2, -0.15) is 0 Å². The molecule has 0 spiro atoms. The molecular formula is C12H19BrN2OS. The highest BCUT2D eigenvalue weighted by Crippen LogP contribution is 2.25. The van der Waals surface area contributed by atoms with Gasteiger partial charge in [0.25, 0.3) is 0 Å². The minimum Gasteiger partial charge on any atom is -0.395 e. The van der Waals surface area contributed by atoms with E-state index in [9.17, 15) is 5.11 Å². The first-order chi connectivity index (χ1) is 8.27. The summed E-state index contributed by atoms with van der Waals surface area (Å²) in [4.78, 5) is 4.30. The SMILES string of the molecule is CCCNC(CO)CCSc1ncccc1Br. The van der Waals surface area contributed by atoms with Crippen molar-refractivity contribution in [3.63, 3.8) is 0 Å². The summed E-state index contributed by atoms with van der Waals surface area (Å²) in [6, 6.07) is 4.10. The fourth-order valence-corrected chi connectivity index (χ4v) is 2.92. The third-order valence-electron chi connectivity index (χ3n) is 2.33. The highest BCUT2D eigenvalue weighted by atomic mass is 79.9. The lowest BCUT2D eigenvalue weighted by Gasteiger charge is -2.15. The van der Waals surface area contributed by atoms with Gasteiger partial charge in [-0.25, -0.2) is 4.98 Å². The van der Waals surface area contributed by atoms with Crippen LogP contribution in [0, 0.1) is 0 Å². The van der Waals surface area contributed by atoms with Crippen LogP contribution < -0.4 is 5.32 Å². The fraction of sp³-hybridized carbons (Fsp3) is 0.583. The molecule has 1 unspecified atom stereocenters. The molecule has 2 N–H and O–H groups in total. The molecular weight excluding hydrogens is 300 g/mol. The first kappa shape index (κ1) is 15.0. The van der Waals surface area contributed by atoms with Crippen LogP contribution >= 0.6 is 27.7 Å². The van der Waals surface area contributed by atoms with Crippen molar-refractivity contribution < 1.29 is 5.11 Å². The first-order valence-corrected chi connectivity index (χ1v) is 7.63. The van der Waals surface area contributed by atoms with Crippen LogP contribution in [0.1, 0.15) is 19.8 Å². The lowest BCUT2D eigenvalue weighted by atomic mass is 10.2. The molecule has 96 valence electrons. The molecule has 0 saturated carbocycles. The number of thioether (sulfide) groups is 1. The summed E-state index contributed by atoms with van der Waals surface area (Å²) in [5.74, 6) is 0.956. The van der Waals surface area contributed by atoms with Gasteiger partial charge in [0.1, 0.15) is 5.03 Å². The average molecular weight is 319 g/mol. The summed E-state index contributed by atoms with van der Waals surface area (Å²) < 4.78 is 1.03. The molecule has 1 aromatic heterocycles. The molecule has 0 aromatic carbocycles. The summed E-state index contributed by atoms with van der Waals surface area (Å²) in [6.45, 7) is 3.29. The van der Waals surface area contributed by atoms with E-state index in [-0.39, 0.29) is 12.6 Å². The minimum atomic E-state index is 0.198. The molecule has 1 aromatic rings. The predicted molar refractivity (Wildman–Crippen MR) is 76.4 cm³/mol. The predicted octanol–water partition coefficient (Wildman–Crippen LogP) is 2.69. The normalized spacial score (nSPS) is 12.6. The summed E-state index contributed by atoms with van der Waals surface area (Å²) in [6.07, 6.45) is 3.84. The molecule has 1 atom stereocenters. The molecule has 0 radical (unpaired) electrons. The molecule has 0 aliphatic rings. The maximum Gasteiger partial charge on any atom is 0.110 e. The summed E-state index contributed by atoms with van der Waals surface area (Å²) >= 11 is 5.19. The summed E-state index contributed by atoms with van der Waals surface area (Å²) in [5, 5.41) is 13.5. The lowest BCUT2D eigenvalue weighted by Crippen LogP contribution is -2.33. The number of rotatable bonds is 8. The van der Waals surface area contributed by atoms with E-state index in [1.165, 1.54) is 0 Å². The number of nitrogens with one attached hydrogen (secondary N) is 1. The molecule has 1 rings (SSSR count). The van der Waals surface area contributed by atoms with Gasteiger partial charge in [0.05, 0.1) is 6.61 Å². The van der Waals surface area contributed by atoms with E-state index < -0.39 is 0 Å². The molecule has 5 heteroatoms. The maximum atomic E-state index is 9.21. The topological polar surface area (TPSA) is 45.1 Å². The molecule has 0 saturated heterocycles. The summed E-state index contributed by atoms with van der Waals surface area (Å²) in [7, 11) is 0. The van der Waals surface area contributed by atoms with Crippen molar-refractivity contribution >= 4 is 27.7 Å². The Morgan fingerprint density at radius 1 is 1.59 bits per heavy atom. The Kier molecular flexibility index (Phi) is 7.84. The zero-order valence-electron chi connectivity index (χ0n) is 10.0. The van der Waals surface area contributed by atoms with Crippen molar-refractivity contribution in [1.29, 1.82) is 0 Å². The van der Waals surface area contributed by atoms with E-state index in [0.29, 0.717) is 0 Å². The van der Waals surface area contributed by atoms with Crippen molar-refractivity contribution in [3.8, 4) is 0 Å². The van der Waals surface area contributed by atoms with Crippen molar-refractivity contribution in [2.24, 2.45) is 0 Å². The van der Waals surface area contributed by atoms with Gasteiger partial charge in [-0.1, -0.05) is 6.92 Å². The second-order valence-electron chi connectivity index (χ2n) is 3.76. The number of hydrogen-bond acceptors (Lipinski definition) is 4. The van der Waals surface area contributed by atoms with Crippen LogP contribution in [0.2, 0.25) is 0 Å². The van der Waals surface area contributed by atoms with Crippen molar-refractivity contribution in [1.82, 2.24) is 10.3 Å². The van der Waals surface area contributed by atoms with E-state index in [1.54, 1.807) is 18.0 Å². The zero-order valence-corrected chi connectivity index (χ0v) is 12.4. The van der Waals surface area contributed by atoms with Crippen molar-refractivity contribution in [2.75, 3.05) is 18.9 Å². The van der Waals surface area contributed by atoms with Crippen molar-refractivity contribution in [3.05, 3.63) is 22.8 Å². The largest absolute Gasteiger partial charge is 0.395 e. The van der Waals surface area contributed by atoms with Gasteiger partial charge in [-0.3, -0.25) is 0 Å². The monoisotopic (exact) mass is 318 g/mol. The highest BCUT2D eigenvalue weighted by molar-refractivity contribution is 9.10. The maximum absolute atomic E-state index is 9.21. The van der Waals surface area contributed by atoms with Gasteiger partial charge in [0.15, 0.2) is 0 Å². The third-order valence-corrected chi connectivity index (χ3v) is 4.27. The molecule has 0 bridgehead atoms. The Bertz CT molecular complexity index is 325. The number of aliphatic hydroxyl groups excluding tert-OH is 1. The molecule has 0 aliphatic heterocycles. The van der Waals surface area contributed by atoms with E-state index in [4.69, 9.17) is 0 Å². The molecule has 3 nitrogen and oxygen atoms in total. The highest BCUT2D eigenvalue weighted by Gasteiger charge is 2.07. The van der Waals surface area contributed by atoms with Crippen LogP contribution in [-0.2, 0) is 0 Å². The Morgan fingerprint density at radius 3 is 3.06 bits per heavy atom. The van der Waals surface area contributed by atoms with Crippen LogP contribution in [0.15, 0.2) is 27.8 Å². The Balaban J connectivity index is 2.28. The Hall–Kier alpha value is -0.100. The Morgan fingerprint density at radius 2 is 2.41 bits per heavy atom. The number of hydrogen-bond donors (Lipinski definition) is 2. The van der Waals surface area contributed by atoms with Gasteiger partial charge < -0.3 is 10.4 Å². The van der Waals surface area contributed by atoms with Crippen LogP contribution in [0.3, 0.4) is 0 Å². The molecule has 1 heterocycles. The standard InChI is InChI=1S/C12H19BrN2OS/c1-2-6-14-10(9-16)5-8-17-12-11(13)4-3-7-15-12/h3-4,7,10,14,16H,2,5-6,8-9H2,1H3. The van der Waals surface area contributed by atoms with Crippen LogP contribution in [-0.4, -0.2) is 35.0 Å². The molecule has 0 fully saturated rings. The number of halogens is 1. The number of aromatic nitrogens is 1. The van der Waals surface area contributed by atoms with Crippen LogP contribution in [0.5, 0.6) is 0 Å². The van der Waals surface area contributed by atoms with Gasteiger partial charge in [0.2, 0.25) is 0 Å². The smallest absolute Gasteiger partial charge is 0.110 e. The molecule has 0 aliphatic carbocycles. The number of aliphatic hydroxyl groups is 1. The second-order valence-corrected chi connectivity index (χ2v) is 5.70. The van der Waals surface area contributed by atoms with E-state index in [1.807, 2.05) is 12.1 Å². The van der Waals surface area contributed by atoms with Gasteiger partial charge in [-0.05, 0) is 47.4 Å². The van der Waals surface area contributed by atoms with Crippen molar-refractivity contribution in [2.45, 2.75) is 30.8 Å². The molecule has 17 heavy (non-hydrogen) atoms. The first-order valence-electron chi connectivity index (χ1n) is 5.85. The summed E-state index contributed by atoms with van der Waals surface area (Å²) in [5.41, 5.74) is 0. The zero-order chi connectivity index (χ0) is 12.5. The second kappa shape index (κ2) is 8.91. The lowest BCUT2D eigenvalue weighted by molar-refractivity contribution is 0.240. The number of pyridine rings is 1. The quantitative estimate of drug-likeness (QED) is 0.723. The molecule has 0 amide bonds. The Labute approximate surface area is 116 Å². The van der Waals surface area contributed by atoms with Gasteiger partial charge in [0, 0.05) is 22.5 Å². The minimum absolute atomic E-state index is 0.198. The van der Waals surface area contributed by atoms with E-state index >= 15 is 0 Å². The van der Waals surface area contributed by atoms with E-state index in [0.717, 1.165) is 34.6 Å². The van der Waals surface area contributed by atoms with E-state index in [2.05, 4.69) is 33.2 Å².